The standard InChI is InChI=1S/C19H18N2O5/c1-2-26-17(23)12-21-15-8-4-3-7-14(15)19(25,18(21)24)10-16(22)13-6-5-9-20-11-13/h3-9,11,25H,2,10,12H2,1H3/t19-/m1/s1. The molecule has 0 bridgehead atoms. The van der Waals surface area contributed by atoms with Gasteiger partial charge in [-0.2, -0.15) is 0 Å². The van der Waals surface area contributed by atoms with Crippen molar-refractivity contribution >= 4 is 23.3 Å². The molecule has 7 heteroatoms. The van der Waals surface area contributed by atoms with Crippen LogP contribution in [0.2, 0.25) is 0 Å². The SMILES string of the molecule is CCOC(=O)CN1C(=O)[C@@](O)(CC(=O)c2cccnc2)c2ccccc21. The molecule has 0 radical (unpaired) electrons. The molecule has 0 saturated carbocycles. The zero-order chi connectivity index (χ0) is 18.7. The summed E-state index contributed by atoms with van der Waals surface area (Å²) in [5, 5.41) is 11.1. The molecule has 0 spiro atoms. The van der Waals surface area contributed by atoms with E-state index in [0.717, 1.165) is 4.90 Å². The molecule has 1 aromatic heterocycles. The van der Waals surface area contributed by atoms with E-state index < -0.39 is 29.7 Å². The Labute approximate surface area is 150 Å². The van der Waals surface area contributed by atoms with Crippen molar-refractivity contribution in [1.82, 2.24) is 4.98 Å². The van der Waals surface area contributed by atoms with E-state index >= 15 is 0 Å². The summed E-state index contributed by atoms with van der Waals surface area (Å²) >= 11 is 0. The first-order valence-corrected chi connectivity index (χ1v) is 8.20. The number of carbonyl (C=O) groups excluding carboxylic acids is 3. The van der Waals surface area contributed by atoms with Crippen molar-refractivity contribution in [1.29, 1.82) is 0 Å². The quantitative estimate of drug-likeness (QED) is 0.623. The van der Waals surface area contributed by atoms with E-state index in [1.807, 2.05) is 0 Å². The van der Waals surface area contributed by atoms with Gasteiger partial charge in [-0.3, -0.25) is 24.3 Å². The second-order valence-electron chi connectivity index (χ2n) is 5.92. The van der Waals surface area contributed by atoms with Crippen LogP contribution in [0.25, 0.3) is 0 Å². The number of pyridine rings is 1. The fourth-order valence-corrected chi connectivity index (χ4v) is 3.03. The van der Waals surface area contributed by atoms with E-state index in [1.54, 1.807) is 43.3 Å². The third-order valence-corrected chi connectivity index (χ3v) is 4.23. The summed E-state index contributed by atoms with van der Waals surface area (Å²) in [7, 11) is 0. The largest absolute Gasteiger partial charge is 0.465 e. The summed E-state index contributed by atoms with van der Waals surface area (Å²) in [6.45, 7) is 1.53. The number of rotatable bonds is 6. The highest BCUT2D eigenvalue weighted by atomic mass is 16.5. The van der Waals surface area contributed by atoms with Gasteiger partial charge in [0, 0.05) is 23.5 Å². The average Bonchev–Trinajstić information content (AvgIpc) is 2.85. The van der Waals surface area contributed by atoms with E-state index in [4.69, 9.17) is 4.74 Å². The van der Waals surface area contributed by atoms with Gasteiger partial charge >= 0.3 is 5.97 Å². The van der Waals surface area contributed by atoms with Crippen molar-refractivity contribution in [3.8, 4) is 0 Å². The van der Waals surface area contributed by atoms with Crippen LogP contribution in [0.15, 0.2) is 48.8 Å². The van der Waals surface area contributed by atoms with Crippen molar-refractivity contribution in [3.63, 3.8) is 0 Å². The number of hydrogen-bond acceptors (Lipinski definition) is 6. The summed E-state index contributed by atoms with van der Waals surface area (Å²) in [5.41, 5.74) is -1.04. The minimum Gasteiger partial charge on any atom is -0.465 e. The molecule has 2 heterocycles. The van der Waals surface area contributed by atoms with Crippen molar-refractivity contribution < 1.29 is 24.2 Å². The van der Waals surface area contributed by atoms with Gasteiger partial charge in [0.05, 0.1) is 18.7 Å². The number of benzene rings is 1. The first kappa shape index (κ1) is 17.8. The number of para-hydroxylation sites is 1. The number of amides is 1. The second kappa shape index (κ2) is 7.05. The monoisotopic (exact) mass is 354 g/mol. The molecule has 26 heavy (non-hydrogen) atoms. The third kappa shape index (κ3) is 3.09. The van der Waals surface area contributed by atoms with Gasteiger partial charge in [0.25, 0.3) is 5.91 Å². The Balaban J connectivity index is 1.93. The van der Waals surface area contributed by atoms with Crippen LogP contribution in [0.4, 0.5) is 5.69 Å². The Hall–Kier alpha value is -3.06. The summed E-state index contributed by atoms with van der Waals surface area (Å²) in [5.74, 6) is -1.72. The first-order valence-electron chi connectivity index (χ1n) is 8.20. The molecule has 0 fully saturated rings. The van der Waals surface area contributed by atoms with Gasteiger partial charge in [0.15, 0.2) is 11.4 Å². The van der Waals surface area contributed by atoms with E-state index in [2.05, 4.69) is 4.98 Å². The highest BCUT2D eigenvalue weighted by Gasteiger charge is 2.51. The first-order chi connectivity index (χ1) is 12.5. The number of aromatic nitrogens is 1. The molecule has 1 aromatic carbocycles. The van der Waals surface area contributed by atoms with E-state index in [1.165, 1.54) is 12.4 Å². The number of Topliss-reactive ketones (excluding diaryl/α,β-unsaturated/α-hetero) is 1. The van der Waals surface area contributed by atoms with Gasteiger partial charge < -0.3 is 9.84 Å². The Morgan fingerprint density at radius 2 is 2.00 bits per heavy atom. The maximum atomic E-state index is 12.9. The van der Waals surface area contributed by atoms with Crippen LogP contribution < -0.4 is 4.90 Å². The zero-order valence-electron chi connectivity index (χ0n) is 14.2. The minimum atomic E-state index is -2.03. The summed E-state index contributed by atoms with van der Waals surface area (Å²) in [6.07, 6.45) is 2.48. The highest BCUT2D eigenvalue weighted by molar-refractivity contribution is 6.12. The number of anilines is 1. The molecule has 2 aromatic rings. The Bertz CT molecular complexity index is 852. The van der Waals surface area contributed by atoms with Crippen LogP contribution in [0.3, 0.4) is 0 Å². The van der Waals surface area contributed by atoms with Crippen molar-refractivity contribution in [2.24, 2.45) is 0 Å². The van der Waals surface area contributed by atoms with Gasteiger partial charge in [0.1, 0.15) is 6.54 Å². The number of hydrogen-bond donors (Lipinski definition) is 1. The summed E-state index contributed by atoms with van der Waals surface area (Å²) in [6, 6.07) is 9.74. The molecule has 0 saturated heterocycles. The third-order valence-electron chi connectivity index (χ3n) is 4.23. The second-order valence-corrected chi connectivity index (χ2v) is 5.92. The van der Waals surface area contributed by atoms with Crippen LogP contribution in [-0.2, 0) is 19.9 Å². The molecule has 0 unspecified atom stereocenters. The van der Waals surface area contributed by atoms with Crippen LogP contribution in [-0.4, -0.2) is 40.9 Å². The van der Waals surface area contributed by atoms with E-state index in [-0.39, 0.29) is 13.2 Å². The van der Waals surface area contributed by atoms with Crippen molar-refractivity contribution in [2.75, 3.05) is 18.1 Å². The number of fused-ring (bicyclic) bond motifs is 1. The van der Waals surface area contributed by atoms with Crippen LogP contribution >= 0.6 is 0 Å². The number of ketones is 1. The highest BCUT2D eigenvalue weighted by Crippen LogP contribution is 2.42. The molecule has 1 aliphatic heterocycles. The fraction of sp³-hybridized carbons (Fsp3) is 0.263. The number of esters is 1. The number of carbonyl (C=O) groups is 3. The van der Waals surface area contributed by atoms with E-state index in [0.29, 0.717) is 16.8 Å². The predicted molar refractivity (Wildman–Crippen MR) is 92.5 cm³/mol. The van der Waals surface area contributed by atoms with Crippen molar-refractivity contribution in [2.45, 2.75) is 18.9 Å². The summed E-state index contributed by atoms with van der Waals surface area (Å²) in [4.78, 5) is 42.3. The number of aliphatic hydroxyl groups is 1. The lowest BCUT2D eigenvalue weighted by molar-refractivity contribution is -0.144. The normalized spacial score (nSPS) is 18.5. The summed E-state index contributed by atoms with van der Waals surface area (Å²) < 4.78 is 4.90. The zero-order valence-corrected chi connectivity index (χ0v) is 14.2. The average molecular weight is 354 g/mol. The Kier molecular flexibility index (Phi) is 4.81. The maximum absolute atomic E-state index is 12.9. The number of nitrogens with zero attached hydrogens (tertiary/aromatic N) is 2. The van der Waals surface area contributed by atoms with Crippen LogP contribution in [0.5, 0.6) is 0 Å². The Morgan fingerprint density at radius 1 is 1.23 bits per heavy atom. The molecule has 1 atom stereocenters. The van der Waals surface area contributed by atoms with Gasteiger partial charge in [0.2, 0.25) is 0 Å². The van der Waals surface area contributed by atoms with E-state index in [9.17, 15) is 19.5 Å². The molecule has 7 nitrogen and oxygen atoms in total. The minimum absolute atomic E-state index is 0.187. The van der Waals surface area contributed by atoms with Crippen LogP contribution in [0.1, 0.15) is 29.3 Å². The lowest BCUT2D eigenvalue weighted by Crippen LogP contribution is -2.44. The van der Waals surface area contributed by atoms with Crippen LogP contribution in [0, 0.1) is 0 Å². The Morgan fingerprint density at radius 3 is 2.69 bits per heavy atom. The molecule has 1 amide bonds. The lowest BCUT2D eigenvalue weighted by atomic mass is 9.88. The molecule has 1 N–H and O–H groups in total. The lowest BCUT2D eigenvalue weighted by Gasteiger charge is -2.22. The molecule has 1 aliphatic rings. The number of ether oxygens (including phenoxy) is 1. The van der Waals surface area contributed by atoms with Crippen molar-refractivity contribution in [3.05, 3.63) is 59.9 Å². The predicted octanol–water partition coefficient (Wildman–Crippen LogP) is 1.45. The fourth-order valence-electron chi connectivity index (χ4n) is 3.03. The van der Waals surface area contributed by atoms with Gasteiger partial charge in [-0.25, -0.2) is 0 Å². The molecular weight excluding hydrogens is 336 g/mol. The van der Waals surface area contributed by atoms with Gasteiger partial charge in [-0.05, 0) is 25.1 Å². The maximum Gasteiger partial charge on any atom is 0.326 e. The topological polar surface area (TPSA) is 96.8 Å². The smallest absolute Gasteiger partial charge is 0.326 e. The molecular formula is C19H18N2O5. The molecule has 134 valence electrons. The molecule has 3 rings (SSSR count). The molecule has 0 aliphatic carbocycles. The van der Waals surface area contributed by atoms with Gasteiger partial charge in [-0.15, -0.1) is 0 Å². The van der Waals surface area contributed by atoms with Gasteiger partial charge in [-0.1, -0.05) is 18.2 Å².